The molecule has 0 unspecified atom stereocenters. The fourth-order valence-corrected chi connectivity index (χ4v) is 3.60. The van der Waals surface area contributed by atoms with E-state index in [2.05, 4.69) is 22.5 Å². The largest absolute Gasteiger partial charge is 0.489 e. The molecule has 26 heavy (non-hydrogen) atoms. The van der Waals surface area contributed by atoms with Gasteiger partial charge < -0.3 is 4.74 Å². The van der Waals surface area contributed by atoms with Crippen molar-refractivity contribution in [3.8, 4) is 5.75 Å². The van der Waals surface area contributed by atoms with E-state index in [4.69, 9.17) is 10.1 Å². The average molecular weight is 433 g/mol. The number of hydrogen-bond donors (Lipinski definition) is 1. The monoisotopic (exact) mass is 432 g/mol. The van der Waals surface area contributed by atoms with Gasteiger partial charge in [0, 0.05) is 10.0 Å². The molecule has 2 aromatic rings. The Labute approximate surface area is 163 Å². The summed E-state index contributed by atoms with van der Waals surface area (Å²) in [6.07, 6.45) is 3.33. The minimum atomic E-state index is -0.395. The van der Waals surface area contributed by atoms with E-state index in [0.29, 0.717) is 28.5 Å². The Morgan fingerprint density at radius 2 is 2.00 bits per heavy atom. The SMILES string of the molecule is C=CCOc1ccc(Br)cc1/C=C1/SC(=N)N(c2ccc(F)cc2)C1=O. The summed E-state index contributed by atoms with van der Waals surface area (Å²) in [5.41, 5.74) is 1.17. The highest BCUT2D eigenvalue weighted by Gasteiger charge is 2.33. The Kier molecular flexibility index (Phi) is 5.58. The third-order valence-electron chi connectivity index (χ3n) is 3.52. The van der Waals surface area contributed by atoms with Crippen molar-refractivity contribution in [3.63, 3.8) is 0 Å². The number of ether oxygens (including phenoxy) is 1. The molecule has 1 fully saturated rings. The normalized spacial score (nSPS) is 15.6. The lowest BCUT2D eigenvalue weighted by atomic mass is 10.2. The fourth-order valence-electron chi connectivity index (χ4n) is 2.37. The predicted octanol–water partition coefficient (Wildman–Crippen LogP) is 5.21. The highest BCUT2D eigenvalue weighted by Crippen LogP contribution is 2.37. The Bertz CT molecular complexity index is 912. The third kappa shape index (κ3) is 3.89. The van der Waals surface area contributed by atoms with Crippen LogP contribution < -0.4 is 9.64 Å². The lowest BCUT2D eigenvalue weighted by Crippen LogP contribution is -2.28. The molecule has 1 saturated heterocycles. The number of thioether (sulfide) groups is 1. The number of rotatable bonds is 5. The maximum absolute atomic E-state index is 13.1. The molecule has 0 atom stereocenters. The Hall–Kier alpha value is -2.38. The molecule has 132 valence electrons. The number of anilines is 1. The van der Waals surface area contributed by atoms with Crippen LogP contribution in [0, 0.1) is 11.2 Å². The van der Waals surface area contributed by atoms with Crippen molar-refractivity contribution >= 4 is 50.5 Å². The van der Waals surface area contributed by atoms with Crippen LogP contribution in [0.3, 0.4) is 0 Å². The summed E-state index contributed by atoms with van der Waals surface area (Å²) in [6, 6.07) is 11.0. The van der Waals surface area contributed by atoms with E-state index in [0.717, 1.165) is 16.2 Å². The minimum Gasteiger partial charge on any atom is -0.489 e. The molecule has 0 spiro atoms. The first kappa shape index (κ1) is 18.4. The lowest BCUT2D eigenvalue weighted by Gasteiger charge is -2.14. The second-order valence-corrected chi connectivity index (χ2v) is 7.26. The summed E-state index contributed by atoms with van der Waals surface area (Å²) >= 11 is 4.46. The van der Waals surface area contributed by atoms with Crippen molar-refractivity contribution in [1.29, 1.82) is 5.41 Å². The van der Waals surface area contributed by atoms with Gasteiger partial charge in [0.25, 0.3) is 5.91 Å². The zero-order valence-corrected chi connectivity index (χ0v) is 15.9. The van der Waals surface area contributed by atoms with Gasteiger partial charge in [-0.05, 0) is 60.3 Å². The molecular formula is C19H14BrFN2O2S. The molecule has 0 aliphatic carbocycles. The zero-order chi connectivity index (χ0) is 18.7. The smallest absolute Gasteiger partial charge is 0.271 e. The maximum atomic E-state index is 13.1. The van der Waals surface area contributed by atoms with Crippen molar-refractivity contribution in [2.24, 2.45) is 0 Å². The number of benzene rings is 2. The predicted molar refractivity (Wildman–Crippen MR) is 107 cm³/mol. The van der Waals surface area contributed by atoms with Crippen molar-refractivity contribution in [2.45, 2.75) is 0 Å². The van der Waals surface area contributed by atoms with E-state index >= 15 is 0 Å². The number of nitrogens with one attached hydrogen (secondary N) is 1. The summed E-state index contributed by atoms with van der Waals surface area (Å²) in [7, 11) is 0. The van der Waals surface area contributed by atoms with Crippen molar-refractivity contribution in [3.05, 3.63) is 75.9 Å². The molecule has 0 bridgehead atoms. The van der Waals surface area contributed by atoms with E-state index in [1.54, 1.807) is 18.2 Å². The Balaban J connectivity index is 1.94. The van der Waals surface area contributed by atoms with E-state index in [-0.39, 0.29) is 11.1 Å². The van der Waals surface area contributed by atoms with Crippen molar-refractivity contribution in [1.82, 2.24) is 0 Å². The van der Waals surface area contributed by atoms with Gasteiger partial charge in [-0.2, -0.15) is 0 Å². The van der Waals surface area contributed by atoms with E-state index in [1.807, 2.05) is 12.1 Å². The van der Waals surface area contributed by atoms with Gasteiger partial charge in [-0.3, -0.25) is 15.1 Å². The molecule has 2 aromatic carbocycles. The Morgan fingerprint density at radius 1 is 1.27 bits per heavy atom. The molecule has 0 radical (unpaired) electrons. The van der Waals surface area contributed by atoms with Gasteiger partial charge in [0.05, 0.1) is 10.6 Å². The van der Waals surface area contributed by atoms with Crippen LogP contribution in [-0.4, -0.2) is 17.7 Å². The molecule has 1 heterocycles. The summed E-state index contributed by atoms with van der Waals surface area (Å²) in [4.78, 5) is 14.4. The molecule has 1 N–H and O–H groups in total. The fraction of sp³-hybridized carbons (Fsp3) is 0.0526. The van der Waals surface area contributed by atoms with Crippen LogP contribution in [0.1, 0.15) is 5.56 Å². The standard InChI is InChI=1S/C19H14BrFN2O2S/c1-2-9-25-16-8-3-13(20)10-12(16)11-17-18(24)23(19(22)26-17)15-6-4-14(21)5-7-15/h2-8,10-11,22H,1,9H2/b17-11+,22-19?. The van der Waals surface area contributed by atoms with Gasteiger partial charge in [0.1, 0.15) is 18.2 Å². The van der Waals surface area contributed by atoms with Crippen molar-refractivity contribution in [2.75, 3.05) is 11.5 Å². The maximum Gasteiger partial charge on any atom is 0.271 e. The highest BCUT2D eigenvalue weighted by atomic mass is 79.9. The number of amidine groups is 1. The summed E-state index contributed by atoms with van der Waals surface area (Å²) in [5.74, 6) is -0.115. The summed E-state index contributed by atoms with van der Waals surface area (Å²) in [5, 5.41) is 8.18. The average Bonchev–Trinajstić information content (AvgIpc) is 2.89. The van der Waals surface area contributed by atoms with Gasteiger partial charge in [-0.15, -0.1) is 0 Å². The molecular weight excluding hydrogens is 419 g/mol. The zero-order valence-electron chi connectivity index (χ0n) is 13.5. The highest BCUT2D eigenvalue weighted by molar-refractivity contribution is 9.10. The summed E-state index contributed by atoms with van der Waals surface area (Å²) in [6.45, 7) is 3.97. The summed E-state index contributed by atoms with van der Waals surface area (Å²) < 4.78 is 19.6. The Morgan fingerprint density at radius 3 is 2.69 bits per heavy atom. The number of nitrogens with zero attached hydrogens (tertiary/aromatic N) is 1. The molecule has 0 aromatic heterocycles. The van der Waals surface area contributed by atoms with Gasteiger partial charge in [-0.1, -0.05) is 28.6 Å². The van der Waals surface area contributed by atoms with Crippen LogP contribution in [0.15, 0.2) is 64.5 Å². The second-order valence-electron chi connectivity index (χ2n) is 5.31. The molecule has 3 rings (SSSR count). The van der Waals surface area contributed by atoms with Crippen LogP contribution in [0.2, 0.25) is 0 Å². The van der Waals surface area contributed by atoms with Crippen LogP contribution in [0.5, 0.6) is 5.75 Å². The first-order chi connectivity index (χ1) is 12.5. The van der Waals surface area contributed by atoms with Crippen LogP contribution in [0.25, 0.3) is 6.08 Å². The molecule has 1 amide bonds. The molecule has 0 saturated carbocycles. The molecule has 1 aliphatic rings. The van der Waals surface area contributed by atoms with Crippen LogP contribution in [-0.2, 0) is 4.79 Å². The number of halogens is 2. The number of hydrogen-bond acceptors (Lipinski definition) is 4. The van der Waals surface area contributed by atoms with E-state index in [9.17, 15) is 9.18 Å². The number of carbonyl (C=O) groups is 1. The van der Waals surface area contributed by atoms with Gasteiger partial charge in [0.15, 0.2) is 5.17 Å². The first-order valence-electron chi connectivity index (χ1n) is 7.61. The lowest BCUT2D eigenvalue weighted by molar-refractivity contribution is -0.113. The van der Waals surface area contributed by atoms with E-state index < -0.39 is 5.82 Å². The molecule has 1 aliphatic heterocycles. The van der Waals surface area contributed by atoms with E-state index in [1.165, 1.54) is 29.2 Å². The quantitative estimate of drug-likeness (QED) is 0.521. The third-order valence-corrected chi connectivity index (χ3v) is 4.91. The van der Waals surface area contributed by atoms with Crippen molar-refractivity contribution < 1.29 is 13.9 Å². The number of amides is 1. The van der Waals surface area contributed by atoms with Gasteiger partial charge >= 0.3 is 0 Å². The molecule has 7 heteroatoms. The first-order valence-corrected chi connectivity index (χ1v) is 9.22. The van der Waals surface area contributed by atoms with Crippen LogP contribution >= 0.6 is 27.7 Å². The van der Waals surface area contributed by atoms with Gasteiger partial charge in [0.2, 0.25) is 0 Å². The number of carbonyl (C=O) groups excluding carboxylic acids is 1. The topological polar surface area (TPSA) is 53.4 Å². The second kappa shape index (κ2) is 7.88. The minimum absolute atomic E-state index is 0.0661. The van der Waals surface area contributed by atoms with Crippen LogP contribution in [0.4, 0.5) is 10.1 Å². The van der Waals surface area contributed by atoms with Gasteiger partial charge in [-0.25, -0.2) is 4.39 Å². The molecule has 4 nitrogen and oxygen atoms in total.